The van der Waals surface area contributed by atoms with E-state index in [2.05, 4.69) is 15.7 Å². The standard InChI is InChI=1S/C15H18N2O2/c1-19-15(18)13-5-3-12(4-6-13)11-17(10-2-9-16)14-7-8-14/h3-6,14H,2,7-8,10-11H2,1H3. The van der Waals surface area contributed by atoms with Gasteiger partial charge in [-0.3, -0.25) is 4.90 Å². The smallest absolute Gasteiger partial charge is 0.337 e. The second-order valence-corrected chi connectivity index (χ2v) is 4.80. The number of carbonyl (C=O) groups excluding carboxylic acids is 1. The highest BCUT2D eigenvalue weighted by Crippen LogP contribution is 2.28. The quantitative estimate of drug-likeness (QED) is 0.735. The monoisotopic (exact) mass is 258 g/mol. The van der Waals surface area contributed by atoms with Crippen LogP contribution in [0, 0.1) is 11.3 Å². The predicted octanol–water partition coefficient (Wildman–Crippen LogP) is 2.35. The molecule has 0 spiro atoms. The molecule has 4 nitrogen and oxygen atoms in total. The van der Waals surface area contributed by atoms with Gasteiger partial charge in [-0.15, -0.1) is 0 Å². The molecule has 4 heteroatoms. The Morgan fingerprint density at radius 2 is 2.11 bits per heavy atom. The molecule has 2 rings (SSSR count). The van der Waals surface area contributed by atoms with Crippen LogP contribution in [0.1, 0.15) is 35.2 Å². The number of methoxy groups -OCH3 is 1. The van der Waals surface area contributed by atoms with Crippen LogP contribution in [0.25, 0.3) is 0 Å². The van der Waals surface area contributed by atoms with Gasteiger partial charge in [0.1, 0.15) is 0 Å². The summed E-state index contributed by atoms with van der Waals surface area (Å²) in [5.41, 5.74) is 1.73. The van der Waals surface area contributed by atoms with Crippen LogP contribution in [0.5, 0.6) is 0 Å². The number of hydrogen-bond donors (Lipinski definition) is 0. The highest BCUT2D eigenvalue weighted by molar-refractivity contribution is 5.89. The Labute approximate surface area is 113 Å². The Morgan fingerprint density at radius 1 is 1.42 bits per heavy atom. The topological polar surface area (TPSA) is 53.3 Å². The Kier molecular flexibility index (Phi) is 4.53. The lowest BCUT2D eigenvalue weighted by Crippen LogP contribution is -2.26. The molecule has 0 N–H and O–H groups in total. The molecule has 1 aliphatic rings. The second-order valence-electron chi connectivity index (χ2n) is 4.80. The zero-order valence-electron chi connectivity index (χ0n) is 11.1. The summed E-state index contributed by atoms with van der Waals surface area (Å²) in [7, 11) is 1.38. The molecule has 0 aliphatic heterocycles. The third-order valence-corrected chi connectivity index (χ3v) is 3.33. The molecule has 0 bridgehead atoms. The Morgan fingerprint density at radius 3 is 2.63 bits per heavy atom. The SMILES string of the molecule is COC(=O)c1ccc(CN(CCC#N)C2CC2)cc1. The molecule has 1 saturated carbocycles. The average molecular weight is 258 g/mol. The van der Waals surface area contributed by atoms with Crippen molar-refractivity contribution in [3.05, 3.63) is 35.4 Å². The van der Waals surface area contributed by atoms with Crippen molar-refractivity contribution in [2.75, 3.05) is 13.7 Å². The molecule has 19 heavy (non-hydrogen) atoms. The summed E-state index contributed by atoms with van der Waals surface area (Å²) < 4.78 is 4.67. The molecule has 1 aromatic carbocycles. The summed E-state index contributed by atoms with van der Waals surface area (Å²) in [6.07, 6.45) is 3.02. The Bertz CT molecular complexity index is 472. The number of hydrogen-bond acceptors (Lipinski definition) is 4. The van der Waals surface area contributed by atoms with Crippen LogP contribution >= 0.6 is 0 Å². The fourth-order valence-corrected chi connectivity index (χ4v) is 2.12. The van der Waals surface area contributed by atoms with Crippen molar-refractivity contribution < 1.29 is 9.53 Å². The number of nitrogens with zero attached hydrogens (tertiary/aromatic N) is 2. The van der Waals surface area contributed by atoms with Crippen LogP contribution in [-0.4, -0.2) is 30.6 Å². The molecular weight excluding hydrogens is 240 g/mol. The van der Waals surface area contributed by atoms with Crippen LogP contribution in [0.15, 0.2) is 24.3 Å². The maximum atomic E-state index is 11.3. The molecule has 0 radical (unpaired) electrons. The molecule has 0 saturated heterocycles. The zero-order valence-corrected chi connectivity index (χ0v) is 11.1. The molecule has 0 aromatic heterocycles. The van der Waals surface area contributed by atoms with Gasteiger partial charge in [0.15, 0.2) is 0 Å². The maximum Gasteiger partial charge on any atom is 0.337 e. The molecule has 0 unspecified atom stereocenters. The van der Waals surface area contributed by atoms with E-state index >= 15 is 0 Å². The molecule has 0 heterocycles. The van der Waals surface area contributed by atoms with Crippen LogP contribution < -0.4 is 0 Å². The highest BCUT2D eigenvalue weighted by Gasteiger charge is 2.28. The lowest BCUT2D eigenvalue weighted by Gasteiger charge is -2.20. The van der Waals surface area contributed by atoms with Crippen LogP contribution in [0.2, 0.25) is 0 Å². The molecule has 1 fully saturated rings. The number of benzene rings is 1. The van der Waals surface area contributed by atoms with Crippen LogP contribution in [0.4, 0.5) is 0 Å². The first-order valence-electron chi connectivity index (χ1n) is 6.53. The molecule has 1 aromatic rings. The summed E-state index contributed by atoms with van der Waals surface area (Å²) >= 11 is 0. The van der Waals surface area contributed by atoms with E-state index in [4.69, 9.17) is 5.26 Å². The highest BCUT2D eigenvalue weighted by atomic mass is 16.5. The molecule has 1 aliphatic carbocycles. The summed E-state index contributed by atoms with van der Waals surface area (Å²) in [5, 5.41) is 8.68. The summed E-state index contributed by atoms with van der Waals surface area (Å²) in [6, 6.07) is 10.3. The van der Waals surface area contributed by atoms with Crippen LogP contribution in [-0.2, 0) is 11.3 Å². The summed E-state index contributed by atoms with van der Waals surface area (Å²) in [6.45, 7) is 1.66. The van der Waals surface area contributed by atoms with E-state index in [9.17, 15) is 4.79 Å². The third-order valence-electron chi connectivity index (χ3n) is 3.33. The van der Waals surface area contributed by atoms with Gasteiger partial charge in [0.25, 0.3) is 0 Å². The maximum absolute atomic E-state index is 11.3. The zero-order chi connectivity index (χ0) is 13.7. The van der Waals surface area contributed by atoms with Gasteiger partial charge in [-0.1, -0.05) is 12.1 Å². The van der Waals surface area contributed by atoms with E-state index in [0.717, 1.165) is 18.7 Å². The average Bonchev–Trinajstić information content (AvgIpc) is 3.28. The number of esters is 1. The summed E-state index contributed by atoms with van der Waals surface area (Å²) in [5.74, 6) is -0.310. The van der Waals surface area contributed by atoms with Gasteiger partial charge in [0.05, 0.1) is 18.7 Å². The van der Waals surface area contributed by atoms with E-state index < -0.39 is 0 Å². The van der Waals surface area contributed by atoms with E-state index in [-0.39, 0.29) is 5.97 Å². The van der Waals surface area contributed by atoms with Crippen molar-refractivity contribution in [1.29, 1.82) is 5.26 Å². The van der Waals surface area contributed by atoms with Gasteiger partial charge in [-0.25, -0.2) is 4.79 Å². The molecule has 0 atom stereocenters. The van der Waals surface area contributed by atoms with Crippen molar-refractivity contribution in [1.82, 2.24) is 4.90 Å². The largest absolute Gasteiger partial charge is 0.465 e. The van der Waals surface area contributed by atoms with E-state index in [1.54, 1.807) is 12.1 Å². The minimum atomic E-state index is -0.310. The van der Waals surface area contributed by atoms with E-state index in [1.165, 1.54) is 20.0 Å². The van der Waals surface area contributed by atoms with Crippen molar-refractivity contribution in [2.24, 2.45) is 0 Å². The predicted molar refractivity (Wildman–Crippen MR) is 71.4 cm³/mol. The first-order valence-corrected chi connectivity index (χ1v) is 6.53. The van der Waals surface area contributed by atoms with Gasteiger partial charge < -0.3 is 4.74 Å². The van der Waals surface area contributed by atoms with Crippen molar-refractivity contribution >= 4 is 5.97 Å². The van der Waals surface area contributed by atoms with Crippen molar-refractivity contribution in [3.63, 3.8) is 0 Å². The van der Waals surface area contributed by atoms with Crippen molar-refractivity contribution in [3.8, 4) is 6.07 Å². The van der Waals surface area contributed by atoms with Gasteiger partial charge in [-0.05, 0) is 30.5 Å². The number of carbonyl (C=O) groups is 1. The fourth-order valence-electron chi connectivity index (χ4n) is 2.12. The number of rotatable bonds is 6. The number of nitriles is 1. The number of ether oxygens (including phenoxy) is 1. The minimum absolute atomic E-state index is 0.310. The first-order chi connectivity index (χ1) is 9.24. The van der Waals surface area contributed by atoms with Gasteiger partial charge in [0, 0.05) is 25.6 Å². The van der Waals surface area contributed by atoms with E-state index in [0.29, 0.717) is 18.0 Å². The first kappa shape index (κ1) is 13.6. The van der Waals surface area contributed by atoms with Crippen LogP contribution in [0.3, 0.4) is 0 Å². The second kappa shape index (κ2) is 6.35. The summed E-state index contributed by atoms with van der Waals surface area (Å²) in [4.78, 5) is 13.7. The fraction of sp³-hybridized carbons (Fsp3) is 0.467. The molecule has 0 amide bonds. The van der Waals surface area contributed by atoms with Gasteiger partial charge in [0.2, 0.25) is 0 Å². The van der Waals surface area contributed by atoms with Gasteiger partial charge >= 0.3 is 5.97 Å². The normalized spacial score (nSPS) is 14.2. The van der Waals surface area contributed by atoms with Crippen molar-refractivity contribution in [2.45, 2.75) is 31.8 Å². The van der Waals surface area contributed by atoms with Gasteiger partial charge in [-0.2, -0.15) is 5.26 Å². The molecule has 100 valence electrons. The van der Waals surface area contributed by atoms with E-state index in [1.807, 2.05) is 12.1 Å². The Hall–Kier alpha value is -1.86. The Balaban J connectivity index is 1.97. The molecular formula is C15H18N2O2. The lowest BCUT2D eigenvalue weighted by molar-refractivity contribution is 0.0600. The lowest BCUT2D eigenvalue weighted by atomic mass is 10.1. The minimum Gasteiger partial charge on any atom is -0.465 e. The third kappa shape index (κ3) is 3.80.